The number of hydrogen-bond acceptors (Lipinski definition) is 4. The van der Waals surface area contributed by atoms with Crippen molar-refractivity contribution in [3.8, 4) is 0 Å². The Labute approximate surface area is 154 Å². The first-order valence-corrected chi connectivity index (χ1v) is 9.92. The summed E-state index contributed by atoms with van der Waals surface area (Å²) in [7, 11) is 0. The number of thiazole rings is 1. The molecule has 25 heavy (non-hydrogen) atoms. The van der Waals surface area contributed by atoms with Gasteiger partial charge in [0.1, 0.15) is 5.82 Å². The third kappa shape index (κ3) is 4.80. The van der Waals surface area contributed by atoms with Crippen LogP contribution in [0.5, 0.6) is 0 Å². The van der Waals surface area contributed by atoms with Crippen molar-refractivity contribution in [2.45, 2.75) is 24.6 Å². The van der Waals surface area contributed by atoms with Gasteiger partial charge in [-0.3, -0.25) is 4.79 Å². The molecule has 0 aliphatic carbocycles. The molecule has 2 aromatic carbocycles. The van der Waals surface area contributed by atoms with Gasteiger partial charge in [-0.25, -0.2) is 9.37 Å². The lowest BCUT2D eigenvalue weighted by Crippen LogP contribution is -2.11. The molecule has 0 spiro atoms. The van der Waals surface area contributed by atoms with E-state index in [-0.39, 0.29) is 11.7 Å². The van der Waals surface area contributed by atoms with Gasteiger partial charge in [-0.15, -0.1) is 11.3 Å². The molecule has 0 radical (unpaired) electrons. The van der Waals surface area contributed by atoms with Gasteiger partial charge in [-0.05, 0) is 54.8 Å². The number of carbonyl (C=O) groups is 1. The van der Waals surface area contributed by atoms with Crippen molar-refractivity contribution < 1.29 is 9.18 Å². The Morgan fingerprint density at radius 3 is 2.72 bits per heavy atom. The van der Waals surface area contributed by atoms with Crippen LogP contribution < -0.4 is 5.32 Å². The molecule has 130 valence electrons. The van der Waals surface area contributed by atoms with Gasteiger partial charge in [-0.2, -0.15) is 0 Å². The molecule has 1 aromatic heterocycles. The Bertz CT molecular complexity index is 875. The summed E-state index contributed by atoms with van der Waals surface area (Å²) in [6.45, 7) is 4.43. The van der Waals surface area contributed by atoms with Crippen LogP contribution >= 0.6 is 23.1 Å². The molecule has 0 atom stereocenters. The lowest BCUT2D eigenvalue weighted by Gasteiger charge is -2.05. The lowest BCUT2D eigenvalue weighted by molar-refractivity contribution is 0.102. The number of fused-ring (bicyclic) bond motifs is 1. The van der Waals surface area contributed by atoms with E-state index in [2.05, 4.69) is 24.1 Å². The molecule has 3 rings (SSSR count). The van der Waals surface area contributed by atoms with Crippen molar-refractivity contribution in [3.63, 3.8) is 0 Å². The Morgan fingerprint density at radius 2 is 2.00 bits per heavy atom. The Morgan fingerprint density at radius 1 is 1.24 bits per heavy atom. The van der Waals surface area contributed by atoms with E-state index in [9.17, 15) is 9.18 Å². The van der Waals surface area contributed by atoms with E-state index >= 15 is 0 Å². The molecule has 0 aliphatic rings. The lowest BCUT2D eigenvalue weighted by atomic mass is 10.2. The zero-order valence-electron chi connectivity index (χ0n) is 14.1. The van der Waals surface area contributed by atoms with E-state index in [4.69, 9.17) is 0 Å². The number of halogens is 1. The monoisotopic (exact) mass is 374 g/mol. The van der Waals surface area contributed by atoms with E-state index in [0.717, 1.165) is 20.3 Å². The topological polar surface area (TPSA) is 42.0 Å². The predicted octanol–water partition coefficient (Wildman–Crippen LogP) is 5.83. The third-order valence-corrected chi connectivity index (χ3v) is 5.85. The molecule has 0 fully saturated rings. The molecule has 1 heterocycles. The number of carbonyl (C=O) groups excluding carboxylic acids is 1. The summed E-state index contributed by atoms with van der Waals surface area (Å²) in [5.41, 5.74) is 2.08. The smallest absolute Gasteiger partial charge is 0.255 e. The maximum absolute atomic E-state index is 12.9. The van der Waals surface area contributed by atoms with Gasteiger partial charge in [0, 0.05) is 17.0 Å². The Kier molecular flexibility index (Phi) is 5.71. The third-order valence-electron chi connectivity index (χ3n) is 3.65. The minimum absolute atomic E-state index is 0.254. The fraction of sp³-hybridized carbons (Fsp3) is 0.263. The van der Waals surface area contributed by atoms with Gasteiger partial charge in [0.25, 0.3) is 5.91 Å². The second kappa shape index (κ2) is 7.97. The first-order chi connectivity index (χ1) is 12.0. The van der Waals surface area contributed by atoms with E-state index < -0.39 is 0 Å². The number of aromatic nitrogens is 1. The molecule has 0 saturated heterocycles. The van der Waals surface area contributed by atoms with Crippen LogP contribution in [0.4, 0.5) is 10.1 Å². The standard InChI is InChI=1S/C19H19FN2OS2/c1-12(2)9-10-24-19-22-16-8-7-15(11-17(16)25-19)21-18(23)13-3-5-14(20)6-4-13/h3-8,11-12H,9-10H2,1-2H3,(H,21,23). The average molecular weight is 375 g/mol. The summed E-state index contributed by atoms with van der Waals surface area (Å²) < 4.78 is 15.0. The quantitative estimate of drug-likeness (QED) is 0.552. The van der Waals surface area contributed by atoms with Crippen LogP contribution in [-0.4, -0.2) is 16.6 Å². The number of amides is 1. The van der Waals surface area contributed by atoms with Crippen molar-refractivity contribution in [2.24, 2.45) is 5.92 Å². The first kappa shape index (κ1) is 17.9. The summed E-state index contributed by atoms with van der Waals surface area (Å²) in [4.78, 5) is 16.8. The van der Waals surface area contributed by atoms with Gasteiger partial charge in [0.2, 0.25) is 0 Å². The molecule has 3 aromatic rings. The highest BCUT2D eigenvalue weighted by Crippen LogP contribution is 2.32. The Balaban J connectivity index is 1.70. The Hall–Kier alpha value is -1.92. The molecular formula is C19H19FN2OS2. The second-order valence-electron chi connectivity index (χ2n) is 6.15. The normalized spacial score (nSPS) is 11.2. The molecule has 6 heteroatoms. The fourth-order valence-corrected chi connectivity index (χ4v) is 4.65. The zero-order valence-corrected chi connectivity index (χ0v) is 15.7. The maximum atomic E-state index is 12.9. The van der Waals surface area contributed by atoms with Crippen molar-refractivity contribution in [2.75, 3.05) is 11.1 Å². The van der Waals surface area contributed by atoms with Crippen LogP contribution in [0.1, 0.15) is 30.6 Å². The zero-order chi connectivity index (χ0) is 17.8. The van der Waals surface area contributed by atoms with Crippen molar-refractivity contribution in [1.29, 1.82) is 0 Å². The van der Waals surface area contributed by atoms with Gasteiger partial charge >= 0.3 is 0 Å². The molecule has 1 N–H and O–H groups in total. The van der Waals surface area contributed by atoms with E-state index in [1.54, 1.807) is 23.1 Å². The summed E-state index contributed by atoms with van der Waals surface area (Å²) in [6.07, 6.45) is 1.17. The second-order valence-corrected chi connectivity index (χ2v) is 8.53. The van der Waals surface area contributed by atoms with Gasteiger partial charge in [0.15, 0.2) is 4.34 Å². The number of nitrogens with one attached hydrogen (secondary N) is 1. The number of nitrogens with zero attached hydrogens (tertiary/aromatic N) is 1. The minimum Gasteiger partial charge on any atom is -0.322 e. The summed E-state index contributed by atoms with van der Waals surface area (Å²) in [5, 5.41) is 2.85. The molecule has 0 saturated carbocycles. The minimum atomic E-state index is -0.356. The summed E-state index contributed by atoms with van der Waals surface area (Å²) >= 11 is 3.42. The predicted molar refractivity (Wildman–Crippen MR) is 104 cm³/mol. The number of thioether (sulfide) groups is 1. The van der Waals surface area contributed by atoms with Crippen LogP contribution in [0.3, 0.4) is 0 Å². The maximum Gasteiger partial charge on any atom is 0.255 e. The summed E-state index contributed by atoms with van der Waals surface area (Å²) in [5.74, 6) is 1.14. The van der Waals surface area contributed by atoms with E-state index in [0.29, 0.717) is 17.2 Å². The SMILES string of the molecule is CC(C)CCSc1nc2ccc(NC(=O)c3ccc(F)cc3)cc2s1. The van der Waals surface area contributed by atoms with E-state index in [1.165, 1.54) is 30.7 Å². The molecule has 1 amide bonds. The van der Waals surface area contributed by atoms with Crippen LogP contribution in [0.25, 0.3) is 10.2 Å². The first-order valence-electron chi connectivity index (χ1n) is 8.11. The highest BCUT2D eigenvalue weighted by atomic mass is 32.2. The van der Waals surface area contributed by atoms with Crippen LogP contribution in [0.15, 0.2) is 46.8 Å². The molecule has 0 aliphatic heterocycles. The molecule has 3 nitrogen and oxygen atoms in total. The molecule has 0 bridgehead atoms. The summed E-state index contributed by atoms with van der Waals surface area (Å²) in [6, 6.07) is 11.2. The molecular weight excluding hydrogens is 355 g/mol. The van der Waals surface area contributed by atoms with Crippen LogP contribution in [0, 0.1) is 11.7 Å². The number of anilines is 1. The van der Waals surface area contributed by atoms with Gasteiger partial charge in [0.05, 0.1) is 10.2 Å². The van der Waals surface area contributed by atoms with Gasteiger partial charge in [-0.1, -0.05) is 25.6 Å². The van der Waals surface area contributed by atoms with E-state index in [1.807, 2.05) is 18.2 Å². The average Bonchev–Trinajstić information content (AvgIpc) is 2.97. The number of benzene rings is 2. The number of rotatable bonds is 6. The molecule has 0 unspecified atom stereocenters. The highest BCUT2D eigenvalue weighted by molar-refractivity contribution is 8.01. The highest BCUT2D eigenvalue weighted by Gasteiger charge is 2.09. The van der Waals surface area contributed by atoms with Crippen molar-refractivity contribution >= 4 is 44.9 Å². The van der Waals surface area contributed by atoms with Crippen LogP contribution in [-0.2, 0) is 0 Å². The van der Waals surface area contributed by atoms with Crippen LogP contribution in [0.2, 0.25) is 0 Å². The largest absolute Gasteiger partial charge is 0.322 e. The number of hydrogen-bond donors (Lipinski definition) is 1. The fourth-order valence-electron chi connectivity index (χ4n) is 2.23. The van der Waals surface area contributed by atoms with Crippen molar-refractivity contribution in [3.05, 3.63) is 53.8 Å². The van der Waals surface area contributed by atoms with Gasteiger partial charge < -0.3 is 5.32 Å². The van der Waals surface area contributed by atoms with Crippen molar-refractivity contribution in [1.82, 2.24) is 4.98 Å².